The number of carbonyl (C=O) groups is 1. The number of likely N-dealkylation sites (tertiary alicyclic amines) is 1. The number of β-amino-alcohol motifs (C(OH)–C–C–N with tert-alkyl or cyclic N) is 1. The Hall–Kier alpha value is -1.89. The van der Waals surface area contributed by atoms with Crippen molar-refractivity contribution in [3.8, 4) is 0 Å². The molecule has 1 aromatic rings. The molecule has 1 aromatic heterocycles. The van der Waals surface area contributed by atoms with Crippen LogP contribution in [-0.2, 0) is 0 Å². The van der Waals surface area contributed by atoms with Crippen molar-refractivity contribution in [2.24, 2.45) is 5.92 Å². The number of aliphatic hydroxyl groups excluding tert-OH is 1. The lowest BCUT2D eigenvalue weighted by Gasteiger charge is -2.41. The molecule has 0 radical (unpaired) electrons. The molecule has 4 N–H and O–H groups in total. The van der Waals surface area contributed by atoms with E-state index < -0.39 is 40.9 Å². The van der Waals surface area contributed by atoms with Crippen LogP contribution < -0.4 is 8.61 Å². The molecular weight excluding hydrogens is 398 g/mol. The molecule has 156 valence electrons. The van der Waals surface area contributed by atoms with Gasteiger partial charge in [-0.05, 0) is 29.5 Å². The fourth-order valence-electron chi connectivity index (χ4n) is 3.80. The minimum Gasteiger partial charge on any atom is -0.465 e. The number of halogens is 2. The highest BCUT2D eigenvalue weighted by atomic mass is 32.3. The van der Waals surface area contributed by atoms with Crippen molar-refractivity contribution in [2.75, 3.05) is 35.3 Å². The molecule has 2 aliphatic heterocycles. The van der Waals surface area contributed by atoms with Crippen LogP contribution in [0.2, 0.25) is 0 Å². The van der Waals surface area contributed by atoms with Gasteiger partial charge in [-0.3, -0.25) is 9.11 Å². The number of anilines is 2. The van der Waals surface area contributed by atoms with E-state index in [4.69, 9.17) is 5.11 Å². The molecule has 1 amide bonds. The highest BCUT2D eigenvalue weighted by Crippen LogP contribution is 2.62. The maximum atomic E-state index is 13.3. The Bertz CT molecular complexity index is 813. The average molecular weight is 420 g/mol. The summed E-state index contributed by atoms with van der Waals surface area (Å²) in [6.45, 7) is 0.0315. The molecular formula is C16H22F2N4O5S. The van der Waals surface area contributed by atoms with E-state index in [1.807, 2.05) is 0 Å². The first kappa shape index (κ1) is 19.4. The van der Waals surface area contributed by atoms with Gasteiger partial charge in [0.1, 0.15) is 5.69 Å². The second kappa shape index (κ2) is 6.31. The third-order valence-electron chi connectivity index (χ3n) is 5.68. The molecule has 9 nitrogen and oxygen atoms in total. The topological polar surface area (TPSA) is 121 Å². The lowest BCUT2D eigenvalue weighted by Crippen LogP contribution is -2.45. The Morgan fingerprint density at radius 1 is 1.39 bits per heavy atom. The predicted molar refractivity (Wildman–Crippen MR) is 98.9 cm³/mol. The van der Waals surface area contributed by atoms with E-state index >= 15 is 0 Å². The molecule has 3 aliphatic rings. The van der Waals surface area contributed by atoms with Gasteiger partial charge in [-0.2, -0.15) is 0 Å². The van der Waals surface area contributed by atoms with Gasteiger partial charge in [-0.1, -0.05) is 0 Å². The summed E-state index contributed by atoms with van der Waals surface area (Å²) < 4.78 is 50.1. The summed E-state index contributed by atoms with van der Waals surface area (Å²) in [6, 6.07) is 3.21. The van der Waals surface area contributed by atoms with Crippen molar-refractivity contribution in [3.05, 3.63) is 17.8 Å². The first-order chi connectivity index (χ1) is 13.0. The molecule has 2 fully saturated rings. The quantitative estimate of drug-likeness (QED) is 0.588. The second-order valence-corrected chi connectivity index (χ2v) is 9.45. The van der Waals surface area contributed by atoms with Gasteiger partial charge >= 0.3 is 6.09 Å². The summed E-state index contributed by atoms with van der Waals surface area (Å²) in [4.78, 5) is 16.7. The van der Waals surface area contributed by atoms with Crippen molar-refractivity contribution in [3.63, 3.8) is 0 Å². The predicted octanol–water partition coefficient (Wildman–Crippen LogP) is 2.40. The number of pyridine rings is 1. The van der Waals surface area contributed by atoms with Gasteiger partial charge in [0.05, 0.1) is 12.6 Å². The molecule has 28 heavy (non-hydrogen) atoms. The number of carboxylic acid groups (broad SMARTS) is 1. The Morgan fingerprint density at radius 2 is 2.07 bits per heavy atom. The number of aliphatic hydroxyl groups is 1. The summed E-state index contributed by atoms with van der Waals surface area (Å²) in [5, 5.41) is 19.4. The SMILES string of the molecule is CN1c2nc(C3CCN(C(=O)O)CC3O)ccc2N(CC2CC2(F)F)S1(O)O. The van der Waals surface area contributed by atoms with Crippen LogP contribution in [0.15, 0.2) is 12.1 Å². The van der Waals surface area contributed by atoms with E-state index in [0.29, 0.717) is 17.8 Å². The smallest absolute Gasteiger partial charge is 0.407 e. The van der Waals surface area contributed by atoms with Crippen LogP contribution in [0.3, 0.4) is 0 Å². The largest absolute Gasteiger partial charge is 0.465 e. The standard InChI is InChI=1S/C16H22F2N4O5S/c1-20-14-12(22(28(20,26)27)7-9-6-16(9,17)18)3-2-11(19-14)10-4-5-21(15(24)25)8-13(10)23/h2-3,9-10,13,23,26-27H,4-8H2,1H3,(H,24,25). The van der Waals surface area contributed by atoms with Crippen molar-refractivity contribution >= 4 is 28.6 Å². The molecule has 1 saturated carbocycles. The number of piperidine rings is 1. The zero-order chi connectivity index (χ0) is 20.4. The van der Waals surface area contributed by atoms with Gasteiger partial charge in [-0.15, -0.1) is 0 Å². The highest BCUT2D eigenvalue weighted by molar-refractivity contribution is 8.26. The van der Waals surface area contributed by atoms with Gasteiger partial charge < -0.3 is 15.1 Å². The maximum Gasteiger partial charge on any atom is 0.407 e. The molecule has 1 aliphatic carbocycles. The van der Waals surface area contributed by atoms with Crippen molar-refractivity contribution in [1.82, 2.24) is 9.88 Å². The van der Waals surface area contributed by atoms with Crippen LogP contribution in [-0.4, -0.2) is 74.0 Å². The van der Waals surface area contributed by atoms with Gasteiger partial charge in [-0.25, -0.2) is 27.2 Å². The minimum atomic E-state index is -3.49. The summed E-state index contributed by atoms with van der Waals surface area (Å²) >= 11 is 0. The number of nitrogens with zero attached hydrogens (tertiary/aromatic N) is 4. The number of amides is 1. The second-order valence-electron chi connectivity index (χ2n) is 7.48. The first-order valence-corrected chi connectivity index (χ1v) is 10.3. The number of fused-ring (bicyclic) bond motifs is 1. The van der Waals surface area contributed by atoms with E-state index in [0.717, 1.165) is 4.90 Å². The number of rotatable bonds is 3. The zero-order valence-corrected chi connectivity index (χ0v) is 15.9. The third kappa shape index (κ3) is 3.04. The van der Waals surface area contributed by atoms with Crippen molar-refractivity contribution in [1.29, 1.82) is 0 Å². The number of hydrogen-bond donors (Lipinski definition) is 4. The van der Waals surface area contributed by atoms with Crippen LogP contribution in [0.1, 0.15) is 24.5 Å². The van der Waals surface area contributed by atoms with Crippen LogP contribution in [0.4, 0.5) is 25.1 Å². The molecule has 4 rings (SSSR count). The first-order valence-electron chi connectivity index (χ1n) is 8.87. The van der Waals surface area contributed by atoms with Crippen molar-refractivity contribution < 1.29 is 32.9 Å². The van der Waals surface area contributed by atoms with Crippen LogP contribution in [0, 0.1) is 5.92 Å². The molecule has 0 bridgehead atoms. The fourth-order valence-corrected chi connectivity index (χ4v) is 5.25. The lowest BCUT2D eigenvalue weighted by atomic mass is 9.90. The Balaban J connectivity index is 1.59. The van der Waals surface area contributed by atoms with Crippen LogP contribution in [0.5, 0.6) is 0 Å². The van der Waals surface area contributed by atoms with E-state index in [1.165, 1.54) is 15.7 Å². The monoisotopic (exact) mass is 420 g/mol. The number of alkyl halides is 2. The molecule has 3 atom stereocenters. The van der Waals surface area contributed by atoms with Gasteiger partial charge in [0.15, 0.2) is 5.82 Å². The van der Waals surface area contributed by atoms with Crippen molar-refractivity contribution in [2.45, 2.75) is 30.8 Å². The summed E-state index contributed by atoms with van der Waals surface area (Å²) in [5.74, 6) is -3.88. The Labute approximate surface area is 161 Å². The lowest BCUT2D eigenvalue weighted by molar-refractivity contribution is 0.0493. The van der Waals surface area contributed by atoms with Gasteiger partial charge in [0.2, 0.25) is 0 Å². The third-order valence-corrected chi connectivity index (χ3v) is 7.53. The van der Waals surface area contributed by atoms with E-state index in [-0.39, 0.29) is 31.9 Å². The number of hydrogen-bond acceptors (Lipinski definition) is 7. The molecule has 3 heterocycles. The Kier molecular flexibility index (Phi) is 4.38. The normalized spacial score (nSPS) is 31.5. The van der Waals surface area contributed by atoms with Crippen LogP contribution in [0.25, 0.3) is 0 Å². The summed E-state index contributed by atoms with van der Waals surface area (Å²) in [6.07, 6.45) is -1.95. The molecule has 0 aromatic carbocycles. The van der Waals surface area contributed by atoms with Gasteiger partial charge in [0.25, 0.3) is 5.92 Å². The average Bonchev–Trinajstić information content (AvgIpc) is 3.19. The molecule has 0 spiro atoms. The maximum absolute atomic E-state index is 13.3. The highest BCUT2D eigenvalue weighted by Gasteiger charge is 2.59. The minimum absolute atomic E-state index is 0.0350. The molecule has 3 unspecified atom stereocenters. The summed E-state index contributed by atoms with van der Waals surface area (Å²) in [5.41, 5.74) is 0.850. The van der Waals surface area contributed by atoms with Crippen LogP contribution >= 0.6 is 11.0 Å². The Morgan fingerprint density at radius 3 is 2.64 bits per heavy atom. The van der Waals surface area contributed by atoms with E-state index in [9.17, 15) is 27.8 Å². The summed E-state index contributed by atoms with van der Waals surface area (Å²) in [7, 11) is -2.06. The molecule has 12 heteroatoms. The fraction of sp³-hybridized carbons (Fsp3) is 0.625. The molecule has 1 saturated heterocycles. The van der Waals surface area contributed by atoms with E-state index in [1.54, 1.807) is 12.1 Å². The van der Waals surface area contributed by atoms with Gasteiger partial charge in [0, 0.05) is 44.1 Å². The van der Waals surface area contributed by atoms with E-state index in [2.05, 4.69) is 4.98 Å². The zero-order valence-electron chi connectivity index (χ0n) is 15.1. The number of aromatic nitrogens is 1.